The lowest BCUT2D eigenvalue weighted by Crippen LogP contribution is -2.35. The Morgan fingerprint density at radius 2 is 2.40 bits per heavy atom. The van der Waals surface area contributed by atoms with Gasteiger partial charge in [-0.15, -0.1) is 0 Å². The molecular formula is C9H13N3O3. The number of amides is 1. The highest BCUT2D eigenvalue weighted by molar-refractivity contribution is 5.97. The van der Waals surface area contributed by atoms with Crippen LogP contribution >= 0.6 is 0 Å². The molecule has 0 saturated carbocycles. The van der Waals surface area contributed by atoms with Gasteiger partial charge in [-0.3, -0.25) is 4.79 Å². The van der Waals surface area contributed by atoms with Gasteiger partial charge in [0.2, 0.25) is 0 Å². The zero-order valence-electron chi connectivity index (χ0n) is 8.60. The monoisotopic (exact) mass is 211 g/mol. The van der Waals surface area contributed by atoms with E-state index < -0.39 is 0 Å². The molecule has 0 unspecified atom stereocenters. The highest BCUT2D eigenvalue weighted by Crippen LogP contribution is 2.10. The van der Waals surface area contributed by atoms with Crippen LogP contribution in [-0.4, -0.2) is 35.4 Å². The Kier molecular flexibility index (Phi) is 3.33. The Bertz CT molecular complexity index is 384. The first kappa shape index (κ1) is 11.1. The SMILES string of the molecule is Cc1occc1C(=O)N(C)CC(N)=NO. The van der Waals surface area contributed by atoms with Gasteiger partial charge in [0.05, 0.1) is 18.4 Å². The normalized spacial score (nSPS) is 11.5. The number of nitrogens with zero attached hydrogens (tertiary/aromatic N) is 2. The van der Waals surface area contributed by atoms with Gasteiger partial charge < -0.3 is 20.3 Å². The van der Waals surface area contributed by atoms with Crippen molar-refractivity contribution in [1.29, 1.82) is 0 Å². The summed E-state index contributed by atoms with van der Waals surface area (Å²) in [6.07, 6.45) is 1.44. The predicted octanol–water partition coefficient (Wildman–Crippen LogP) is 0.406. The molecule has 15 heavy (non-hydrogen) atoms. The molecule has 0 aliphatic carbocycles. The van der Waals surface area contributed by atoms with Crippen LogP contribution in [0.5, 0.6) is 0 Å². The lowest BCUT2D eigenvalue weighted by atomic mass is 10.2. The fourth-order valence-corrected chi connectivity index (χ4v) is 1.16. The number of furan rings is 1. The van der Waals surface area contributed by atoms with Crippen molar-refractivity contribution >= 4 is 11.7 Å². The average molecular weight is 211 g/mol. The predicted molar refractivity (Wildman–Crippen MR) is 53.8 cm³/mol. The number of amidine groups is 1. The second kappa shape index (κ2) is 4.50. The third kappa shape index (κ3) is 2.49. The minimum atomic E-state index is -0.229. The number of carbonyl (C=O) groups excluding carboxylic acids is 1. The fraction of sp³-hybridized carbons (Fsp3) is 0.333. The van der Waals surface area contributed by atoms with Gasteiger partial charge in [-0.1, -0.05) is 5.16 Å². The minimum absolute atomic E-state index is 0.0213. The molecular weight excluding hydrogens is 198 g/mol. The molecule has 1 rings (SSSR count). The van der Waals surface area contributed by atoms with Crippen molar-refractivity contribution in [2.24, 2.45) is 10.9 Å². The number of rotatable bonds is 3. The van der Waals surface area contributed by atoms with Gasteiger partial charge in [-0.25, -0.2) is 0 Å². The number of aryl methyl sites for hydroxylation is 1. The van der Waals surface area contributed by atoms with Crippen LogP contribution < -0.4 is 5.73 Å². The van der Waals surface area contributed by atoms with Crippen LogP contribution in [0.2, 0.25) is 0 Å². The molecule has 0 aliphatic rings. The summed E-state index contributed by atoms with van der Waals surface area (Å²) in [6.45, 7) is 1.77. The standard InChI is InChI=1S/C9H13N3O3/c1-6-7(3-4-15-6)9(13)12(2)5-8(10)11-14/h3-4,14H,5H2,1-2H3,(H2,10,11). The molecule has 1 amide bonds. The van der Waals surface area contributed by atoms with Gasteiger partial charge in [0.15, 0.2) is 5.84 Å². The van der Waals surface area contributed by atoms with E-state index in [4.69, 9.17) is 15.4 Å². The van der Waals surface area contributed by atoms with Gasteiger partial charge in [0.1, 0.15) is 5.76 Å². The molecule has 0 aromatic carbocycles. The molecule has 0 saturated heterocycles. The highest BCUT2D eigenvalue weighted by atomic mass is 16.4. The third-order valence-corrected chi connectivity index (χ3v) is 1.96. The average Bonchev–Trinajstić information content (AvgIpc) is 2.63. The number of carbonyl (C=O) groups is 1. The highest BCUT2D eigenvalue weighted by Gasteiger charge is 2.16. The quantitative estimate of drug-likeness (QED) is 0.328. The van der Waals surface area contributed by atoms with Gasteiger partial charge in [-0.05, 0) is 13.0 Å². The number of hydrogen-bond acceptors (Lipinski definition) is 4. The zero-order chi connectivity index (χ0) is 11.4. The molecule has 6 heteroatoms. The van der Waals surface area contributed by atoms with Crippen molar-refractivity contribution in [3.63, 3.8) is 0 Å². The molecule has 1 heterocycles. The first-order valence-electron chi connectivity index (χ1n) is 4.32. The van der Waals surface area contributed by atoms with Crippen LogP contribution in [0, 0.1) is 6.92 Å². The van der Waals surface area contributed by atoms with Gasteiger partial charge in [0.25, 0.3) is 5.91 Å². The Hall–Kier alpha value is -1.98. The summed E-state index contributed by atoms with van der Waals surface area (Å²) in [5, 5.41) is 11.1. The van der Waals surface area contributed by atoms with E-state index in [1.54, 1.807) is 20.0 Å². The number of likely N-dealkylation sites (N-methyl/N-ethyl adjacent to an activating group) is 1. The molecule has 0 spiro atoms. The number of oxime groups is 1. The van der Waals surface area contributed by atoms with Crippen molar-refractivity contribution in [3.05, 3.63) is 23.7 Å². The lowest BCUT2D eigenvalue weighted by molar-refractivity contribution is 0.0812. The van der Waals surface area contributed by atoms with E-state index in [1.165, 1.54) is 11.2 Å². The first-order chi connectivity index (χ1) is 7.06. The van der Waals surface area contributed by atoms with E-state index in [0.29, 0.717) is 11.3 Å². The third-order valence-electron chi connectivity index (χ3n) is 1.96. The summed E-state index contributed by atoms with van der Waals surface area (Å²) >= 11 is 0. The maximum atomic E-state index is 11.8. The van der Waals surface area contributed by atoms with Crippen LogP contribution in [0.15, 0.2) is 21.9 Å². The molecule has 0 fully saturated rings. The zero-order valence-corrected chi connectivity index (χ0v) is 8.60. The summed E-state index contributed by atoms with van der Waals surface area (Å²) in [4.78, 5) is 13.1. The Morgan fingerprint density at radius 3 is 2.87 bits per heavy atom. The topological polar surface area (TPSA) is 92.1 Å². The molecule has 0 aliphatic heterocycles. The molecule has 0 radical (unpaired) electrons. The summed E-state index contributed by atoms with van der Waals surface area (Å²) in [5.41, 5.74) is 5.76. The lowest BCUT2D eigenvalue weighted by Gasteiger charge is -2.15. The minimum Gasteiger partial charge on any atom is -0.469 e. The summed E-state index contributed by atoms with van der Waals surface area (Å²) in [7, 11) is 1.56. The van der Waals surface area contributed by atoms with Crippen LogP contribution in [0.1, 0.15) is 16.1 Å². The molecule has 1 aromatic rings. The Morgan fingerprint density at radius 1 is 1.73 bits per heavy atom. The first-order valence-corrected chi connectivity index (χ1v) is 4.32. The van der Waals surface area contributed by atoms with E-state index in [-0.39, 0.29) is 18.3 Å². The van der Waals surface area contributed by atoms with Crippen molar-refractivity contribution in [3.8, 4) is 0 Å². The molecule has 3 N–H and O–H groups in total. The van der Waals surface area contributed by atoms with Crippen molar-refractivity contribution in [1.82, 2.24) is 4.90 Å². The van der Waals surface area contributed by atoms with E-state index in [0.717, 1.165) is 0 Å². The molecule has 1 aromatic heterocycles. The van der Waals surface area contributed by atoms with Crippen LogP contribution in [-0.2, 0) is 0 Å². The van der Waals surface area contributed by atoms with Gasteiger partial charge in [-0.2, -0.15) is 0 Å². The fourth-order valence-electron chi connectivity index (χ4n) is 1.16. The largest absolute Gasteiger partial charge is 0.469 e. The van der Waals surface area contributed by atoms with Gasteiger partial charge in [0, 0.05) is 7.05 Å². The van der Waals surface area contributed by atoms with Crippen molar-refractivity contribution < 1.29 is 14.4 Å². The Labute approximate surface area is 87.0 Å². The molecule has 6 nitrogen and oxygen atoms in total. The van der Waals surface area contributed by atoms with Crippen molar-refractivity contribution in [2.75, 3.05) is 13.6 Å². The maximum Gasteiger partial charge on any atom is 0.257 e. The Balaban J connectivity index is 2.74. The second-order valence-electron chi connectivity index (χ2n) is 3.14. The molecule has 0 atom stereocenters. The second-order valence-corrected chi connectivity index (χ2v) is 3.14. The number of nitrogens with two attached hydrogens (primary N) is 1. The summed E-state index contributed by atoms with van der Waals surface area (Å²) in [6, 6.07) is 1.58. The number of hydrogen-bond donors (Lipinski definition) is 2. The van der Waals surface area contributed by atoms with E-state index in [2.05, 4.69) is 5.16 Å². The molecule has 0 bridgehead atoms. The molecule has 82 valence electrons. The van der Waals surface area contributed by atoms with Crippen LogP contribution in [0.25, 0.3) is 0 Å². The van der Waals surface area contributed by atoms with Crippen molar-refractivity contribution in [2.45, 2.75) is 6.92 Å². The van der Waals surface area contributed by atoms with E-state index in [1.807, 2.05) is 0 Å². The van der Waals surface area contributed by atoms with Gasteiger partial charge >= 0.3 is 0 Å². The van der Waals surface area contributed by atoms with Crippen LogP contribution in [0.3, 0.4) is 0 Å². The summed E-state index contributed by atoms with van der Waals surface area (Å²) in [5.74, 6) is 0.297. The van der Waals surface area contributed by atoms with E-state index >= 15 is 0 Å². The van der Waals surface area contributed by atoms with Crippen LogP contribution in [0.4, 0.5) is 0 Å². The maximum absolute atomic E-state index is 11.8. The smallest absolute Gasteiger partial charge is 0.257 e. The van der Waals surface area contributed by atoms with E-state index in [9.17, 15) is 4.79 Å². The summed E-state index contributed by atoms with van der Waals surface area (Å²) < 4.78 is 5.01.